The number of hydrogen-bond acceptors (Lipinski definition) is 4. The van der Waals surface area contributed by atoms with E-state index in [0.29, 0.717) is 32.7 Å². The second-order valence-electron chi connectivity index (χ2n) is 5.72. The zero-order valence-corrected chi connectivity index (χ0v) is 11.8. The Morgan fingerprint density at radius 2 is 2.05 bits per heavy atom. The Hall–Kier alpha value is -0.650. The summed E-state index contributed by atoms with van der Waals surface area (Å²) in [6.45, 7) is 4.73. The van der Waals surface area contributed by atoms with Crippen molar-refractivity contribution in [2.45, 2.75) is 57.2 Å². The first-order chi connectivity index (χ1) is 9.16. The van der Waals surface area contributed by atoms with Crippen LogP contribution in [-0.2, 0) is 9.53 Å². The van der Waals surface area contributed by atoms with Crippen LogP contribution in [0.15, 0.2) is 0 Å². The zero-order chi connectivity index (χ0) is 13.7. The fourth-order valence-corrected chi connectivity index (χ4v) is 2.93. The summed E-state index contributed by atoms with van der Waals surface area (Å²) >= 11 is 0. The van der Waals surface area contributed by atoms with Crippen LogP contribution in [0.5, 0.6) is 0 Å². The lowest BCUT2D eigenvalue weighted by Crippen LogP contribution is -2.48. The number of aliphatic hydroxyl groups is 1. The number of carbonyl (C=O) groups excluding carboxylic acids is 1. The predicted octanol–water partition coefficient (Wildman–Crippen LogP) is 0.517. The number of rotatable bonds is 4. The van der Waals surface area contributed by atoms with Gasteiger partial charge in [0.1, 0.15) is 0 Å². The van der Waals surface area contributed by atoms with Crippen LogP contribution in [-0.4, -0.2) is 60.4 Å². The third kappa shape index (κ3) is 4.44. The molecule has 1 saturated heterocycles. The first-order valence-corrected chi connectivity index (χ1v) is 7.46. The maximum Gasteiger partial charge on any atom is 0.224 e. The Morgan fingerprint density at radius 3 is 2.74 bits per heavy atom. The van der Waals surface area contributed by atoms with Crippen molar-refractivity contribution in [3.63, 3.8) is 0 Å². The van der Waals surface area contributed by atoms with Gasteiger partial charge < -0.3 is 20.1 Å². The van der Waals surface area contributed by atoms with Crippen LogP contribution in [0.25, 0.3) is 0 Å². The number of ether oxygens (including phenoxy) is 1. The van der Waals surface area contributed by atoms with Crippen LogP contribution < -0.4 is 5.32 Å². The molecule has 1 aliphatic carbocycles. The molecule has 1 amide bonds. The molecule has 5 heteroatoms. The zero-order valence-electron chi connectivity index (χ0n) is 11.8. The van der Waals surface area contributed by atoms with Gasteiger partial charge in [0.25, 0.3) is 0 Å². The van der Waals surface area contributed by atoms with Gasteiger partial charge in [-0.05, 0) is 19.8 Å². The second-order valence-corrected chi connectivity index (χ2v) is 5.72. The van der Waals surface area contributed by atoms with Gasteiger partial charge in [0.05, 0.1) is 19.3 Å². The quantitative estimate of drug-likeness (QED) is 0.782. The second kappa shape index (κ2) is 7.22. The van der Waals surface area contributed by atoms with E-state index in [-0.39, 0.29) is 24.1 Å². The lowest BCUT2D eigenvalue weighted by molar-refractivity contribution is -0.135. The summed E-state index contributed by atoms with van der Waals surface area (Å²) in [6.07, 6.45) is 4.41. The van der Waals surface area contributed by atoms with E-state index < -0.39 is 0 Å². The van der Waals surface area contributed by atoms with Crippen molar-refractivity contribution < 1.29 is 14.6 Å². The van der Waals surface area contributed by atoms with Gasteiger partial charge in [-0.2, -0.15) is 0 Å². The average molecular weight is 270 g/mol. The Labute approximate surface area is 115 Å². The minimum absolute atomic E-state index is 0.119. The Morgan fingerprint density at radius 1 is 1.37 bits per heavy atom. The summed E-state index contributed by atoms with van der Waals surface area (Å²) in [7, 11) is 0. The summed E-state index contributed by atoms with van der Waals surface area (Å²) in [6, 6.07) is 0.273. The Kier molecular flexibility index (Phi) is 5.60. The van der Waals surface area contributed by atoms with Gasteiger partial charge in [0.2, 0.25) is 5.91 Å². The van der Waals surface area contributed by atoms with E-state index in [0.717, 1.165) is 19.3 Å². The molecule has 110 valence electrons. The summed E-state index contributed by atoms with van der Waals surface area (Å²) in [5.74, 6) is 0.189. The van der Waals surface area contributed by atoms with Crippen molar-refractivity contribution in [3.8, 4) is 0 Å². The molecule has 3 unspecified atom stereocenters. The maximum absolute atomic E-state index is 12.1. The van der Waals surface area contributed by atoms with Crippen LogP contribution in [0, 0.1) is 0 Å². The molecule has 3 atom stereocenters. The van der Waals surface area contributed by atoms with E-state index in [4.69, 9.17) is 4.74 Å². The van der Waals surface area contributed by atoms with E-state index in [1.807, 2.05) is 11.8 Å². The van der Waals surface area contributed by atoms with E-state index in [1.54, 1.807) is 0 Å². The first-order valence-electron chi connectivity index (χ1n) is 7.46. The smallest absolute Gasteiger partial charge is 0.224 e. The third-order valence-corrected chi connectivity index (χ3v) is 4.07. The normalized spacial score (nSPS) is 30.1. The van der Waals surface area contributed by atoms with Crippen molar-refractivity contribution in [2.75, 3.05) is 26.3 Å². The van der Waals surface area contributed by atoms with Crippen LogP contribution in [0.3, 0.4) is 0 Å². The van der Waals surface area contributed by atoms with Gasteiger partial charge in [-0.15, -0.1) is 0 Å². The van der Waals surface area contributed by atoms with Crippen LogP contribution in [0.4, 0.5) is 0 Å². The first kappa shape index (κ1) is 14.8. The number of aliphatic hydroxyl groups excluding tert-OH is 1. The molecule has 1 heterocycles. The highest BCUT2D eigenvalue weighted by atomic mass is 16.5. The molecule has 5 nitrogen and oxygen atoms in total. The van der Waals surface area contributed by atoms with Crippen molar-refractivity contribution in [2.24, 2.45) is 0 Å². The minimum Gasteiger partial charge on any atom is -0.392 e. The summed E-state index contributed by atoms with van der Waals surface area (Å²) < 4.78 is 5.25. The lowest BCUT2D eigenvalue weighted by Gasteiger charge is -2.32. The monoisotopic (exact) mass is 270 g/mol. The van der Waals surface area contributed by atoms with Gasteiger partial charge in [-0.25, -0.2) is 0 Å². The molecule has 0 aromatic carbocycles. The van der Waals surface area contributed by atoms with E-state index in [9.17, 15) is 9.90 Å². The molecular formula is C14H26N2O3. The molecule has 2 rings (SSSR count). The summed E-state index contributed by atoms with van der Waals surface area (Å²) in [4.78, 5) is 14.0. The van der Waals surface area contributed by atoms with Crippen LogP contribution >= 0.6 is 0 Å². The summed E-state index contributed by atoms with van der Waals surface area (Å²) in [5.41, 5.74) is 0. The van der Waals surface area contributed by atoms with Crippen molar-refractivity contribution in [1.82, 2.24) is 10.2 Å². The van der Waals surface area contributed by atoms with E-state index in [1.165, 1.54) is 6.42 Å². The van der Waals surface area contributed by atoms with Crippen molar-refractivity contribution >= 4 is 5.91 Å². The van der Waals surface area contributed by atoms with Crippen molar-refractivity contribution in [3.05, 3.63) is 0 Å². The molecule has 0 radical (unpaired) electrons. The highest BCUT2D eigenvalue weighted by Crippen LogP contribution is 2.19. The topological polar surface area (TPSA) is 61.8 Å². The number of nitrogens with zero attached hydrogens (tertiary/aromatic N) is 1. The molecule has 1 saturated carbocycles. The Balaban J connectivity index is 1.73. The molecule has 0 aromatic rings. The average Bonchev–Trinajstić information content (AvgIpc) is 2.42. The molecule has 1 aliphatic heterocycles. The molecule has 0 bridgehead atoms. The maximum atomic E-state index is 12.1. The van der Waals surface area contributed by atoms with Gasteiger partial charge in [0, 0.05) is 31.6 Å². The fraction of sp³-hybridized carbons (Fsp3) is 0.929. The lowest BCUT2D eigenvalue weighted by atomic mass is 9.92. The molecule has 0 spiro atoms. The van der Waals surface area contributed by atoms with Gasteiger partial charge in [0.15, 0.2) is 0 Å². The predicted molar refractivity (Wildman–Crippen MR) is 72.9 cm³/mol. The Bertz CT molecular complexity index is 292. The molecule has 19 heavy (non-hydrogen) atoms. The highest BCUT2D eigenvalue weighted by Gasteiger charge is 2.25. The van der Waals surface area contributed by atoms with Crippen LogP contribution in [0.2, 0.25) is 0 Å². The third-order valence-electron chi connectivity index (χ3n) is 4.07. The minimum atomic E-state index is -0.255. The van der Waals surface area contributed by atoms with E-state index >= 15 is 0 Å². The van der Waals surface area contributed by atoms with Crippen LogP contribution in [0.1, 0.15) is 39.0 Å². The molecule has 2 fully saturated rings. The number of morpholine rings is 1. The van der Waals surface area contributed by atoms with Gasteiger partial charge in [-0.1, -0.05) is 12.8 Å². The molecule has 2 N–H and O–H groups in total. The molecule has 0 aromatic heterocycles. The SMILES string of the molecule is CC(CC(=O)N1CCOCC1)NC1CCCCC1O. The van der Waals surface area contributed by atoms with Crippen molar-refractivity contribution in [1.29, 1.82) is 0 Å². The van der Waals surface area contributed by atoms with E-state index in [2.05, 4.69) is 5.32 Å². The fourth-order valence-electron chi connectivity index (χ4n) is 2.93. The standard InChI is InChI=1S/C14H26N2O3/c1-11(15-12-4-2-3-5-13(12)17)10-14(18)16-6-8-19-9-7-16/h11-13,15,17H,2-10H2,1H3. The number of amides is 1. The van der Waals surface area contributed by atoms with Gasteiger partial charge >= 0.3 is 0 Å². The van der Waals surface area contributed by atoms with Gasteiger partial charge in [-0.3, -0.25) is 4.79 Å². The molecule has 2 aliphatic rings. The summed E-state index contributed by atoms with van der Waals surface area (Å²) in [5, 5.41) is 13.3. The number of carbonyl (C=O) groups is 1. The number of nitrogens with one attached hydrogen (secondary N) is 1. The highest BCUT2D eigenvalue weighted by molar-refractivity contribution is 5.76. The molecular weight excluding hydrogens is 244 g/mol. The number of hydrogen-bond donors (Lipinski definition) is 2. The largest absolute Gasteiger partial charge is 0.392 e.